The summed E-state index contributed by atoms with van der Waals surface area (Å²) in [7, 11) is 0. The van der Waals surface area contributed by atoms with Crippen LogP contribution in [0, 0.1) is 0 Å². The van der Waals surface area contributed by atoms with Crippen LogP contribution in [0.4, 0.5) is 0 Å². The van der Waals surface area contributed by atoms with E-state index in [1.165, 1.54) is 77.0 Å². The lowest BCUT2D eigenvalue weighted by atomic mass is 10.0. The Morgan fingerprint density at radius 1 is 0.658 bits per heavy atom. The molecule has 0 radical (unpaired) electrons. The van der Waals surface area contributed by atoms with Crippen molar-refractivity contribution in [3.8, 4) is 0 Å². The van der Waals surface area contributed by atoms with E-state index < -0.39 is 18.2 Å². The molecule has 4 N–H and O–H groups in total. The Kier molecular flexibility index (Phi) is 27.9. The number of carbonyl (C=O) groups is 1. The zero-order valence-corrected chi connectivity index (χ0v) is 25.1. The van der Waals surface area contributed by atoms with Gasteiger partial charge >= 0.3 is 0 Å². The largest absolute Gasteiger partial charge is 0.394 e. The summed E-state index contributed by atoms with van der Waals surface area (Å²) in [5, 5.41) is 33.0. The molecule has 3 unspecified atom stereocenters. The Labute approximate surface area is 235 Å². The van der Waals surface area contributed by atoms with E-state index >= 15 is 0 Å². The van der Waals surface area contributed by atoms with E-state index in [4.69, 9.17) is 0 Å². The molecule has 0 rings (SSSR count). The first-order valence-electron chi connectivity index (χ1n) is 16.1. The van der Waals surface area contributed by atoms with Crippen molar-refractivity contribution < 1.29 is 20.1 Å². The molecule has 224 valence electrons. The molecule has 0 aromatic carbocycles. The van der Waals surface area contributed by atoms with Crippen molar-refractivity contribution in [2.24, 2.45) is 0 Å². The number of aliphatic hydroxyl groups is 3. The van der Waals surface area contributed by atoms with E-state index in [2.05, 4.69) is 43.5 Å². The Bertz CT molecular complexity index is 563. The highest BCUT2D eigenvalue weighted by atomic mass is 16.3. The van der Waals surface area contributed by atoms with Gasteiger partial charge in [0.2, 0.25) is 5.91 Å². The third-order valence-electron chi connectivity index (χ3n) is 7.30. The van der Waals surface area contributed by atoms with E-state index in [0.717, 1.165) is 44.9 Å². The monoisotopic (exact) mass is 537 g/mol. The van der Waals surface area contributed by atoms with Crippen molar-refractivity contribution in [2.45, 2.75) is 173 Å². The predicted molar refractivity (Wildman–Crippen MR) is 162 cm³/mol. The minimum atomic E-state index is -0.749. The summed E-state index contributed by atoms with van der Waals surface area (Å²) in [4.78, 5) is 12.3. The van der Waals surface area contributed by atoms with Crippen molar-refractivity contribution in [2.75, 3.05) is 6.61 Å². The van der Waals surface area contributed by atoms with Crippen LogP contribution < -0.4 is 5.32 Å². The number of allylic oxidation sites excluding steroid dienone is 4. The maximum absolute atomic E-state index is 12.3. The fourth-order valence-electron chi connectivity index (χ4n) is 4.74. The number of nitrogens with one attached hydrogen (secondary N) is 1. The quantitative estimate of drug-likeness (QED) is 0.0603. The summed E-state index contributed by atoms with van der Waals surface area (Å²) >= 11 is 0. The van der Waals surface area contributed by atoms with E-state index in [0.29, 0.717) is 12.8 Å². The highest BCUT2D eigenvalue weighted by molar-refractivity contribution is 5.76. The fourth-order valence-corrected chi connectivity index (χ4v) is 4.74. The lowest BCUT2D eigenvalue weighted by molar-refractivity contribution is -0.125. The summed E-state index contributed by atoms with van der Waals surface area (Å²) in [6.07, 6.45) is 31.2. The summed E-state index contributed by atoms with van der Waals surface area (Å²) in [5.41, 5.74) is 0. The number of unbranched alkanes of at least 4 members (excludes halogenated alkanes) is 16. The summed E-state index contributed by atoms with van der Waals surface area (Å²) in [6.45, 7) is 4.18. The van der Waals surface area contributed by atoms with Crippen LogP contribution in [0.2, 0.25) is 0 Å². The lowest BCUT2D eigenvalue weighted by Gasteiger charge is -2.23. The molecule has 0 aromatic heterocycles. The third kappa shape index (κ3) is 25.1. The number of rotatable bonds is 28. The van der Waals surface area contributed by atoms with Gasteiger partial charge in [0.05, 0.1) is 31.3 Å². The number of amides is 1. The van der Waals surface area contributed by atoms with Crippen molar-refractivity contribution in [3.63, 3.8) is 0 Å². The van der Waals surface area contributed by atoms with Gasteiger partial charge < -0.3 is 20.6 Å². The maximum atomic E-state index is 12.3. The molecule has 38 heavy (non-hydrogen) atoms. The summed E-state index contributed by atoms with van der Waals surface area (Å²) < 4.78 is 0. The highest BCUT2D eigenvalue weighted by Crippen LogP contribution is 2.14. The molecule has 0 aromatic rings. The molecule has 0 bridgehead atoms. The Hall–Kier alpha value is -1.17. The van der Waals surface area contributed by atoms with Crippen LogP contribution in [0.1, 0.15) is 155 Å². The van der Waals surface area contributed by atoms with E-state index in [-0.39, 0.29) is 18.9 Å². The number of hydrogen-bond acceptors (Lipinski definition) is 4. The molecular weight excluding hydrogens is 474 g/mol. The highest BCUT2D eigenvalue weighted by Gasteiger charge is 2.21. The van der Waals surface area contributed by atoms with Gasteiger partial charge in [0.25, 0.3) is 0 Å². The normalized spacial score (nSPS) is 14.3. The Balaban J connectivity index is 3.78. The van der Waals surface area contributed by atoms with Gasteiger partial charge in [0, 0.05) is 0 Å². The van der Waals surface area contributed by atoms with Gasteiger partial charge in [0.1, 0.15) is 0 Å². The second-order valence-electron chi connectivity index (χ2n) is 11.1. The molecule has 3 atom stereocenters. The first-order chi connectivity index (χ1) is 18.5. The smallest absolute Gasteiger partial charge is 0.222 e. The molecule has 0 aliphatic rings. The molecule has 0 spiro atoms. The van der Waals surface area contributed by atoms with Gasteiger partial charge in [-0.1, -0.05) is 134 Å². The number of hydrogen-bond donors (Lipinski definition) is 4. The van der Waals surface area contributed by atoms with Crippen LogP contribution in [0.15, 0.2) is 24.3 Å². The SMILES string of the molecule is CCCCC/C=C\C=C/CCCCCCC(O)CC(=O)NC(CO)C(O)CCCCCCCCCCCC. The zero-order chi connectivity index (χ0) is 28.1. The summed E-state index contributed by atoms with van der Waals surface area (Å²) in [6, 6.07) is -0.660. The van der Waals surface area contributed by atoms with Crippen molar-refractivity contribution in [1.82, 2.24) is 5.32 Å². The third-order valence-corrected chi connectivity index (χ3v) is 7.30. The Morgan fingerprint density at radius 2 is 1.11 bits per heavy atom. The van der Waals surface area contributed by atoms with Gasteiger partial charge in [-0.3, -0.25) is 4.79 Å². The molecular formula is C33H63NO4. The van der Waals surface area contributed by atoms with Crippen molar-refractivity contribution >= 4 is 5.91 Å². The van der Waals surface area contributed by atoms with Crippen LogP contribution in [0.3, 0.4) is 0 Å². The first kappa shape index (κ1) is 36.8. The zero-order valence-electron chi connectivity index (χ0n) is 25.1. The second-order valence-corrected chi connectivity index (χ2v) is 11.1. The summed E-state index contributed by atoms with van der Waals surface area (Å²) in [5.74, 6) is -0.299. The average Bonchev–Trinajstić information content (AvgIpc) is 2.90. The van der Waals surface area contributed by atoms with Gasteiger partial charge in [-0.25, -0.2) is 0 Å². The molecule has 0 aliphatic heterocycles. The molecule has 5 nitrogen and oxygen atoms in total. The van der Waals surface area contributed by atoms with Gasteiger partial charge in [-0.15, -0.1) is 0 Å². The van der Waals surface area contributed by atoms with Crippen LogP contribution in [0.25, 0.3) is 0 Å². The van der Waals surface area contributed by atoms with E-state index in [1.54, 1.807) is 0 Å². The van der Waals surface area contributed by atoms with Crippen molar-refractivity contribution in [3.05, 3.63) is 24.3 Å². The molecule has 1 amide bonds. The maximum Gasteiger partial charge on any atom is 0.222 e. The van der Waals surface area contributed by atoms with Gasteiger partial charge in [-0.2, -0.15) is 0 Å². The lowest BCUT2D eigenvalue weighted by Crippen LogP contribution is -2.46. The van der Waals surface area contributed by atoms with E-state index in [1.807, 2.05) is 0 Å². The molecule has 0 saturated heterocycles. The number of aliphatic hydroxyl groups excluding tert-OH is 3. The average molecular weight is 538 g/mol. The minimum Gasteiger partial charge on any atom is -0.394 e. The van der Waals surface area contributed by atoms with Crippen molar-refractivity contribution in [1.29, 1.82) is 0 Å². The first-order valence-corrected chi connectivity index (χ1v) is 16.1. The predicted octanol–water partition coefficient (Wildman–Crippen LogP) is 7.92. The molecule has 0 aliphatic carbocycles. The Morgan fingerprint density at radius 3 is 1.66 bits per heavy atom. The molecule has 5 heteroatoms. The minimum absolute atomic E-state index is 0.0226. The number of carbonyl (C=O) groups excluding carboxylic acids is 1. The van der Waals surface area contributed by atoms with Crippen LogP contribution >= 0.6 is 0 Å². The molecule has 0 fully saturated rings. The van der Waals surface area contributed by atoms with Gasteiger partial charge in [0.15, 0.2) is 0 Å². The van der Waals surface area contributed by atoms with Gasteiger partial charge in [-0.05, 0) is 38.5 Å². The second kappa shape index (κ2) is 28.8. The van der Waals surface area contributed by atoms with Crippen LogP contribution in [0.5, 0.6) is 0 Å². The standard InChI is InChI=1S/C33H63NO4/c1-3-5-7-9-11-13-15-16-17-18-20-22-24-26-30(36)28-33(38)34-31(29-35)32(37)27-25-23-21-19-14-12-10-8-6-4-2/h11,13,15-16,30-32,35-37H,3-10,12,14,17-29H2,1-2H3,(H,34,38)/b13-11-,16-15-. The molecule has 0 saturated carbocycles. The van der Waals surface area contributed by atoms with E-state index in [9.17, 15) is 20.1 Å². The molecule has 0 heterocycles. The van der Waals surface area contributed by atoms with Crippen LogP contribution in [-0.2, 0) is 4.79 Å². The topological polar surface area (TPSA) is 89.8 Å². The van der Waals surface area contributed by atoms with Crippen LogP contribution in [-0.4, -0.2) is 46.1 Å². The fraction of sp³-hybridized carbons (Fsp3) is 0.848.